The first kappa shape index (κ1) is 15.8. The number of unbranched alkanes of at least 4 members (excludes halogenated alkanes) is 1. The van der Waals surface area contributed by atoms with Gasteiger partial charge in [-0.2, -0.15) is 0 Å². The molecule has 98 valence electrons. The van der Waals surface area contributed by atoms with E-state index in [1.54, 1.807) is 14.2 Å². The minimum Gasteiger partial charge on any atom is -0.383 e. The normalized spacial score (nSPS) is 12.9. The summed E-state index contributed by atoms with van der Waals surface area (Å²) in [7, 11) is 3.43. The van der Waals surface area contributed by atoms with Gasteiger partial charge in [0.05, 0.1) is 19.8 Å². The molecule has 0 radical (unpaired) electrons. The Hall–Kier alpha value is -0.160. The van der Waals surface area contributed by atoms with E-state index in [4.69, 9.17) is 14.2 Å². The molecule has 1 N–H and O–H groups in total. The van der Waals surface area contributed by atoms with Crippen LogP contribution in [0.3, 0.4) is 0 Å². The van der Waals surface area contributed by atoms with Crippen LogP contribution in [0, 0.1) is 0 Å². The first-order valence-electron chi connectivity index (χ1n) is 6.14. The lowest BCUT2D eigenvalue weighted by molar-refractivity contribution is 0.0686. The zero-order chi connectivity index (χ0) is 12.1. The average Bonchev–Trinajstić information content (AvgIpc) is 2.31. The third-order valence-electron chi connectivity index (χ3n) is 2.44. The first-order valence-corrected chi connectivity index (χ1v) is 6.14. The summed E-state index contributed by atoms with van der Waals surface area (Å²) in [6.45, 7) is 6.21. The van der Waals surface area contributed by atoms with E-state index in [1.807, 2.05) is 0 Å². The minimum atomic E-state index is 0.486. The van der Waals surface area contributed by atoms with Crippen molar-refractivity contribution in [2.75, 3.05) is 47.2 Å². The van der Waals surface area contributed by atoms with Gasteiger partial charge in [0.2, 0.25) is 0 Å². The van der Waals surface area contributed by atoms with Crippen molar-refractivity contribution >= 4 is 0 Å². The highest BCUT2D eigenvalue weighted by atomic mass is 16.5. The molecule has 0 saturated heterocycles. The van der Waals surface area contributed by atoms with E-state index in [0.29, 0.717) is 19.3 Å². The lowest BCUT2D eigenvalue weighted by Gasteiger charge is -2.15. The molecule has 0 aliphatic heterocycles. The summed E-state index contributed by atoms with van der Waals surface area (Å²) in [4.78, 5) is 0. The molecule has 0 saturated carbocycles. The summed E-state index contributed by atoms with van der Waals surface area (Å²) in [6, 6.07) is 0.486. The predicted molar refractivity (Wildman–Crippen MR) is 65.9 cm³/mol. The third kappa shape index (κ3) is 10.4. The van der Waals surface area contributed by atoms with E-state index < -0.39 is 0 Å². The number of nitrogens with one attached hydrogen (secondary N) is 1. The van der Waals surface area contributed by atoms with E-state index >= 15 is 0 Å². The van der Waals surface area contributed by atoms with Gasteiger partial charge in [-0.3, -0.25) is 0 Å². The van der Waals surface area contributed by atoms with Crippen molar-refractivity contribution in [2.24, 2.45) is 0 Å². The summed E-state index contributed by atoms with van der Waals surface area (Å²) < 4.78 is 15.4. The Labute approximate surface area is 99.6 Å². The smallest absolute Gasteiger partial charge is 0.0700 e. The monoisotopic (exact) mass is 233 g/mol. The minimum absolute atomic E-state index is 0.486. The van der Waals surface area contributed by atoms with Crippen LogP contribution in [-0.4, -0.2) is 53.2 Å². The Balaban J connectivity index is 3.12. The van der Waals surface area contributed by atoms with Crippen molar-refractivity contribution in [1.82, 2.24) is 5.32 Å². The van der Waals surface area contributed by atoms with Gasteiger partial charge in [-0.15, -0.1) is 0 Å². The summed E-state index contributed by atoms with van der Waals surface area (Å²) in [5, 5.41) is 3.47. The van der Waals surface area contributed by atoms with Crippen LogP contribution in [0.15, 0.2) is 0 Å². The van der Waals surface area contributed by atoms with Crippen molar-refractivity contribution in [3.05, 3.63) is 0 Å². The topological polar surface area (TPSA) is 39.7 Å². The average molecular weight is 233 g/mol. The van der Waals surface area contributed by atoms with Crippen molar-refractivity contribution in [3.63, 3.8) is 0 Å². The predicted octanol–water partition coefficient (Wildman–Crippen LogP) is 1.44. The summed E-state index contributed by atoms with van der Waals surface area (Å²) >= 11 is 0. The Bertz CT molecular complexity index is 133. The van der Waals surface area contributed by atoms with Gasteiger partial charge >= 0.3 is 0 Å². The van der Waals surface area contributed by atoms with Gasteiger partial charge in [-0.1, -0.05) is 6.92 Å². The molecule has 16 heavy (non-hydrogen) atoms. The molecule has 0 heterocycles. The van der Waals surface area contributed by atoms with E-state index in [-0.39, 0.29) is 0 Å². The Morgan fingerprint density at radius 1 is 1.00 bits per heavy atom. The lowest BCUT2D eigenvalue weighted by Crippen LogP contribution is -2.33. The van der Waals surface area contributed by atoms with Gasteiger partial charge in [0.15, 0.2) is 0 Å². The quantitative estimate of drug-likeness (QED) is 0.518. The highest BCUT2D eigenvalue weighted by Crippen LogP contribution is 1.94. The molecule has 1 unspecified atom stereocenters. The van der Waals surface area contributed by atoms with Crippen LogP contribution in [0.1, 0.15) is 26.2 Å². The second kappa shape index (κ2) is 12.9. The van der Waals surface area contributed by atoms with E-state index in [0.717, 1.165) is 39.0 Å². The van der Waals surface area contributed by atoms with Crippen LogP contribution in [0.4, 0.5) is 0 Å². The Kier molecular flexibility index (Phi) is 12.8. The van der Waals surface area contributed by atoms with Crippen molar-refractivity contribution in [1.29, 1.82) is 0 Å². The molecule has 4 heteroatoms. The molecule has 0 bridgehead atoms. The van der Waals surface area contributed by atoms with Crippen LogP contribution in [0.2, 0.25) is 0 Å². The molecule has 0 aromatic carbocycles. The second-order valence-corrected chi connectivity index (χ2v) is 3.83. The highest BCUT2D eigenvalue weighted by Gasteiger charge is 2.03. The SMILES string of the molecule is CCC(COC)NCCCCOCCOC. The van der Waals surface area contributed by atoms with Gasteiger partial charge < -0.3 is 19.5 Å². The van der Waals surface area contributed by atoms with Crippen LogP contribution in [0.5, 0.6) is 0 Å². The molecule has 1 atom stereocenters. The van der Waals surface area contributed by atoms with Gasteiger partial charge in [0, 0.05) is 26.9 Å². The van der Waals surface area contributed by atoms with Crippen LogP contribution in [-0.2, 0) is 14.2 Å². The maximum Gasteiger partial charge on any atom is 0.0700 e. The zero-order valence-corrected chi connectivity index (χ0v) is 11.0. The van der Waals surface area contributed by atoms with Crippen LogP contribution < -0.4 is 5.32 Å². The van der Waals surface area contributed by atoms with Crippen molar-refractivity contribution in [3.8, 4) is 0 Å². The standard InChI is InChI=1S/C12H27NO3/c1-4-12(11-15-3)13-7-5-6-8-16-10-9-14-2/h12-13H,4-11H2,1-3H3. The fourth-order valence-electron chi connectivity index (χ4n) is 1.40. The third-order valence-corrected chi connectivity index (χ3v) is 2.44. The summed E-state index contributed by atoms with van der Waals surface area (Å²) in [5.41, 5.74) is 0. The molecule has 0 aromatic heterocycles. The molecule has 0 aliphatic carbocycles. The Morgan fingerprint density at radius 2 is 1.81 bits per heavy atom. The molecular formula is C12H27NO3. The number of hydrogen-bond acceptors (Lipinski definition) is 4. The molecule has 0 aromatic rings. The van der Waals surface area contributed by atoms with Crippen molar-refractivity contribution < 1.29 is 14.2 Å². The van der Waals surface area contributed by atoms with Crippen LogP contribution >= 0.6 is 0 Å². The molecule has 0 amide bonds. The number of hydrogen-bond donors (Lipinski definition) is 1. The highest BCUT2D eigenvalue weighted by molar-refractivity contribution is 4.63. The van der Waals surface area contributed by atoms with Crippen molar-refractivity contribution in [2.45, 2.75) is 32.2 Å². The largest absolute Gasteiger partial charge is 0.383 e. The fraction of sp³-hybridized carbons (Fsp3) is 1.00. The van der Waals surface area contributed by atoms with Gasteiger partial charge in [-0.25, -0.2) is 0 Å². The maximum absolute atomic E-state index is 5.38. The van der Waals surface area contributed by atoms with E-state index in [9.17, 15) is 0 Å². The first-order chi connectivity index (χ1) is 7.85. The number of methoxy groups -OCH3 is 2. The van der Waals surface area contributed by atoms with Gasteiger partial charge in [-0.05, 0) is 25.8 Å². The molecule has 4 nitrogen and oxygen atoms in total. The fourth-order valence-corrected chi connectivity index (χ4v) is 1.40. The number of ether oxygens (including phenoxy) is 3. The van der Waals surface area contributed by atoms with E-state index in [1.165, 1.54) is 0 Å². The second-order valence-electron chi connectivity index (χ2n) is 3.83. The maximum atomic E-state index is 5.38. The summed E-state index contributed by atoms with van der Waals surface area (Å²) in [6.07, 6.45) is 3.35. The molecule has 0 spiro atoms. The van der Waals surface area contributed by atoms with E-state index in [2.05, 4.69) is 12.2 Å². The lowest BCUT2D eigenvalue weighted by atomic mass is 10.2. The van der Waals surface area contributed by atoms with Gasteiger partial charge in [0.25, 0.3) is 0 Å². The number of rotatable bonds is 12. The van der Waals surface area contributed by atoms with Gasteiger partial charge in [0.1, 0.15) is 0 Å². The molecule has 0 fully saturated rings. The Morgan fingerprint density at radius 3 is 2.44 bits per heavy atom. The molecule has 0 rings (SSSR count). The summed E-state index contributed by atoms with van der Waals surface area (Å²) in [5.74, 6) is 0. The van der Waals surface area contributed by atoms with Crippen LogP contribution in [0.25, 0.3) is 0 Å². The molecular weight excluding hydrogens is 206 g/mol. The molecule has 0 aliphatic rings. The zero-order valence-electron chi connectivity index (χ0n) is 11.0.